The Morgan fingerprint density at radius 3 is 1.68 bits per heavy atom. The van der Waals surface area contributed by atoms with E-state index < -0.39 is 224 Å². The first kappa shape index (κ1) is 123. The van der Waals surface area contributed by atoms with Crippen LogP contribution in [-0.4, -0.2) is 339 Å². The highest BCUT2D eigenvalue weighted by Crippen LogP contribution is 2.45. The molecule has 0 spiro atoms. The number of nitrogens with one attached hydrogen (secondary N) is 11. The lowest BCUT2D eigenvalue weighted by molar-refractivity contribution is -0.164. The summed E-state index contributed by atoms with van der Waals surface area (Å²) in [4.78, 5) is 229. The molecule has 0 saturated carbocycles. The number of fused-ring (bicyclic) bond motifs is 1. The zero-order valence-corrected chi connectivity index (χ0v) is 83.1. The van der Waals surface area contributed by atoms with Gasteiger partial charge < -0.3 is 130 Å². The number of aliphatic imine (C=N–C) groups is 1. The van der Waals surface area contributed by atoms with Gasteiger partial charge in [-0.15, -0.1) is 0 Å². The first-order valence-electron chi connectivity index (χ1n) is 44.2. The molecule has 0 radical (unpaired) electrons. The van der Waals surface area contributed by atoms with E-state index in [4.69, 9.17) is 61.8 Å². The molecule has 2 saturated heterocycles. The molecule has 0 bridgehead atoms. The van der Waals surface area contributed by atoms with Crippen molar-refractivity contribution in [3.8, 4) is 0 Å². The van der Waals surface area contributed by atoms with Gasteiger partial charge in [-0.25, -0.2) is 0 Å². The van der Waals surface area contributed by atoms with E-state index in [0.29, 0.717) is 28.1 Å². The van der Waals surface area contributed by atoms with E-state index in [1.807, 2.05) is 0 Å². The summed E-state index contributed by atoms with van der Waals surface area (Å²) in [5, 5.41) is 67.3. The highest BCUT2D eigenvalue weighted by Gasteiger charge is 2.50. The Labute approximate surface area is 801 Å². The van der Waals surface area contributed by atoms with Gasteiger partial charge in [-0.05, 0) is 171 Å². The van der Waals surface area contributed by atoms with E-state index in [-0.39, 0.29) is 129 Å². The lowest BCUT2D eigenvalue weighted by Gasteiger charge is -2.37. The molecule has 7 unspecified atom stereocenters. The summed E-state index contributed by atoms with van der Waals surface area (Å²) in [6.45, 7) is 15.3. The number of hydrogen-bond donors (Lipinski definition) is 20. The zero-order valence-electron chi connectivity index (χ0n) is 78.3. The lowest BCUT2D eigenvalue weighted by atomic mass is 9.70. The number of imide groups is 1. The van der Waals surface area contributed by atoms with Gasteiger partial charge in [-0.2, -0.15) is 0 Å². The molecule has 2 heterocycles. The number of unbranched alkanes of at least 4 members (excludes halogenated alkanes) is 5. The predicted octanol–water partition coefficient (Wildman–Crippen LogP) is -2.40. The van der Waals surface area contributed by atoms with Crippen molar-refractivity contribution in [2.75, 3.05) is 139 Å². The number of aliphatic hydroxyl groups excluding tert-OH is 2. The van der Waals surface area contributed by atoms with Crippen molar-refractivity contribution in [1.29, 1.82) is 0 Å². The minimum absolute atomic E-state index is 0.00794. The summed E-state index contributed by atoms with van der Waals surface area (Å²) in [7, 11) is 5.28. The molecule has 0 aromatic rings. The average Bonchev–Trinajstić information content (AvgIpc) is 0.987. The van der Waals surface area contributed by atoms with E-state index in [9.17, 15) is 102 Å². The smallest absolute Gasteiger partial charge is 0.322 e. The van der Waals surface area contributed by atoms with Crippen molar-refractivity contribution in [2.45, 2.75) is 259 Å². The summed E-state index contributed by atoms with van der Waals surface area (Å²) in [5.74, 6) is -17.3. The molecule has 12 atom stereocenters. The molecule has 0 aromatic heterocycles. The number of primary amides is 1. The number of carbonyl (C=O) groups is 17. The molecule has 46 nitrogen and oxygen atoms in total. The van der Waals surface area contributed by atoms with Crippen LogP contribution in [0.5, 0.6) is 0 Å². The van der Waals surface area contributed by atoms with Crippen molar-refractivity contribution in [1.82, 2.24) is 63.4 Å². The minimum Gasteiger partial charge on any atom is -0.481 e. The Bertz CT molecular complexity index is 3750. The summed E-state index contributed by atoms with van der Waals surface area (Å²) < 4.78 is 33.7. The van der Waals surface area contributed by atoms with E-state index >= 15 is 0 Å². The van der Waals surface area contributed by atoms with Crippen LogP contribution >= 0.6 is 53.4 Å². The van der Waals surface area contributed by atoms with Gasteiger partial charge in [0.1, 0.15) is 82.9 Å². The lowest BCUT2D eigenvalue weighted by Crippen LogP contribution is -2.58. The highest BCUT2D eigenvalue weighted by atomic mass is 79.9. The molecule has 2 aliphatic rings. The van der Waals surface area contributed by atoms with Gasteiger partial charge in [0.2, 0.25) is 53.2 Å². The second kappa shape index (κ2) is 65.6. The average molecular weight is 2070 g/mol. The number of carboxylic acids is 2. The molecule has 25 N–H and O–H groups in total. The number of guanidine groups is 1. The highest BCUT2D eigenvalue weighted by molar-refractivity contribution is 9.10. The Morgan fingerprint density at radius 2 is 1.12 bits per heavy atom. The number of alkyl halides is 2. The number of carboxylic acid groups (broad SMARTS) is 2. The molecule has 2 fully saturated rings. The number of hydrogen-bond acceptors (Lipinski definition) is 36. The van der Waals surface area contributed by atoms with E-state index in [1.165, 1.54) is 48.5 Å². The van der Waals surface area contributed by atoms with E-state index in [2.05, 4.69) is 102 Å². The topological polar surface area (TPSA) is 714 Å². The number of amides is 9. The molecule has 133 heavy (non-hydrogen) atoms. The first-order chi connectivity index (χ1) is 62.4. The van der Waals surface area contributed by atoms with Crippen LogP contribution in [0.4, 0.5) is 0 Å². The van der Waals surface area contributed by atoms with Crippen LogP contribution in [0.1, 0.15) is 190 Å². The Hall–Kier alpha value is -8.12. The van der Waals surface area contributed by atoms with Gasteiger partial charge in [-0.1, -0.05) is 86.1 Å². The molecule has 0 aromatic carbocycles. The normalized spacial score (nSPS) is 20.3. The molecule has 50 heteroatoms. The summed E-state index contributed by atoms with van der Waals surface area (Å²) >= 11 is 6.70. The first-order valence-corrected chi connectivity index (χ1v) is 48.2. The maximum Gasteiger partial charge on any atom is 0.322 e. The van der Waals surface area contributed by atoms with Crippen LogP contribution in [0, 0.1) is 16.2 Å². The molecule has 9 amide bonds. The number of methoxy groups -OCH3 is 3. The van der Waals surface area contributed by atoms with Crippen LogP contribution in [0.15, 0.2) is 4.99 Å². The summed E-state index contributed by atoms with van der Waals surface area (Å²) in [6.07, 6.45) is 4.90. The minimum atomic E-state index is -1.87. The molecule has 2 aliphatic heterocycles. The quantitative estimate of drug-likeness (QED) is 0.00347. The van der Waals surface area contributed by atoms with Crippen LogP contribution in [-0.2, 0) is 115 Å². The molecule has 2 rings (SSSR count). The van der Waals surface area contributed by atoms with Crippen molar-refractivity contribution < 1.29 is 135 Å². The van der Waals surface area contributed by atoms with Gasteiger partial charge in [0.25, 0.3) is 0 Å². The Balaban J connectivity index is 0.00000156. The fourth-order valence-corrected chi connectivity index (χ4v) is 18.2. The Kier molecular flexibility index (Phi) is 60.6. The van der Waals surface area contributed by atoms with Gasteiger partial charge in [0.05, 0.1) is 81.8 Å². The number of aliphatic hydroxyl groups is 2. The van der Waals surface area contributed by atoms with Gasteiger partial charge in [-0.3, -0.25) is 102 Å². The number of rotatable bonds is 56. The SMILES string of the molecule is CCCCC(O)CNCCCCCNCCCCCNCC(O)COC(=O)C(C)(Br)CC(C)(CC(C)(C)C(=O)OCCOC)C(=O)OC.COC(=O)C(C)(Br)CC(C)(C)C(=O)OCCOCC(=O)C[C@H]1SSCC(C(N)=O)NC(=O)[C@H](CC(=O)O)NC(=O)C2CCCN2C(=O)CNC(=O)[C@H](CCCN=C(N)N)NC(=O)[C@H](CC(=O)O)NC(=O)CN[C@H](CCCNC(N)N)C(=O)NC1=O. The molecular formula is C83H146Br2N18O28S2. The van der Waals surface area contributed by atoms with Crippen molar-refractivity contribution in [3.63, 3.8) is 0 Å². The fourth-order valence-electron chi connectivity index (χ4n) is 14.0. The van der Waals surface area contributed by atoms with Crippen molar-refractivity contribution in [3.05, 3.63) is 0 Å². The third-order valence-corrected chi connectivity index (χ3v) is 24.6. The second-order valence-electron chi connectivity index (χ2n) is 34.2. The number of esters is 5. The van der Waals surface area contributed by atoms with Crippen LogP contribution in [0.2, 0.25) is 0 Å². The van der Waals surface area contributed by atoms with Crippen molar-refractivity contribution in [2.24, 2.45) is 49.9 Å². The van der Waals surface area contributed by atoms with Crippen LogP contribution < -0.4 is 87.2 Å². The number of carbonyl (C=O) groups excluding carboxylic acids is 15. The number of ether oxygens (including phenoxy) is 7. The van der Waals surface area contributed by atoms with E-state index in [1.54, 1.807) is 27.7 Å². The van der Waals surface area contributed by atoms with Gasteiger partial charge in [0, 0.05) is 45.5 Å². The van der Waals surface area contributed by atoms with Gasteiger partial charge in [0.15, 0.2) is 11.7 Å². The Morgan fingerprint density at radius 1 is 0.571 bits per heavy atom. The number of nitrogens with two attached hydrogens (primary N) is 5. The van der Waals surface area contributed by atoms with Gasteiger partial charge >= 0.3 is 41.8 Å². The number of aliphatic carboxylic acids is 2. The monoisotopic (exact) mass is 2060 g/mol. The number of Topliss-reactive ketones (excluding diaryl/α,β-unsaturated/α-hetero) is 1. The fraction of sp³-hybridized carbons (Fsp3) is 0.783. The third kappa shape index (κ3) is 52.1. The number of ketones is 1. The summed E-state index contributed by atoms with van der Waals surface area (Å²) in [5.41, 5.74) is 24.2. The molecule has 762 valence electrons. The summed E-state index contributed by atoms with van der Waals surface area (Å²) in [6, 6.07) is -9.63. The number of nitrogens with zero attached hydrogens (tertiary/aromatic N) is 2. The third-order valence-electron chi connectivity index (χ3n) is 20.7. The van der Waals surface area contributed by atoms with Crippen LogP contribution in [0.3, 0.4) is 0 Å². The van der Waals surface area contributed by atoms with Crippen LogP contribution in [0.25, 0.3) is 0 Å². The zero-order chi connectivity index (χ0) is 101. The molecule has 0 aliphatic carbocycles. The largest absolute Gasteiger partial charge is 0.481 e. The van der Waals surface area contributed by atoms with E-state index in [0.717, 1.165) is 82.4 Å². The second-order valence-corrected chi connectivity index (χ2v) is 40.3. The standard InChI is InChI=1S/C48H78BrN15O19S2.C35H68BrN3O9/c1-47(2,23-48(3,49)44(80)81-4)43(79)83-15-14-82-21-24(65)16-31-42(78)63-38(74)25(8-5-11-55-45(51)52)57-19-32(66)59-27(17-34(68)69)39(75)60-26(9-6-12-56-46(53)54)37(73)58-20-33(67)64-13-7-10-30(64)41(77)61-28(18-35(70)71)40(76)62-29(36(50)72)22-84-85-31;1-8-9-16-28(40)23-38-19-14-10-12-17-37-18-13-11-15-20-39-24-29(41)25-48-32(44)35(5,36)27-34(4,31(43)46-7)26-33(2,3)30(42)47-22-21-45-6/h25-31,45,55,57H,5-23,51-52H2,1-4H3,(H2,50,72)(H,58,73)(H,59,66)(H,60,75)(H,61,77)(H,62,76)(H,68,69)(H,70,71)(H4,53,54,56)(H,63,74,78);28-29,37-41H,8-27H2,1-7H3/t25-,26+,27+,28+,29?,30?,31-,48?;/m1./s1. The maximum atomic E-state index is 14.1. The predicted molar refractivity (Wildman–Crippen MR) is 499 cm³/mol. The number of halogens is 2. The maximum absolute atomic E-state index is 14.1. The molecular weight excluding hydrogens is 1920 g/mol. The van der Waals surface area contributed by atoms with Crippen molar-refractivity contribution >= 4 is 160 Å².